The fourth-order valence-electron chi connectivity index (χ4n) is 2.39. The van der Waals surface area contributed by atoms with Gasteiger partial charge in [0.1, 0.15) is 12.4 Å². The summed E-state index contributed by atoms with van der Waals surface area (Å²) < 4.78 is 6.92. The molecule has 142 valence electrons. The monoisotopic (exact) mass is 523 g/mol. The van der Waals surface area contributed by atoms with Crippen molar-refractivity contribution in [2.24, 2.45) is 0 Å². The summed E-state index contributed by atoms with van der Waals surface area (Å²) in [6, 6.07) is 20.2. The molecule has 0 spiro atoms. The highest BCUT2D eigenvalue weighted by molar-refractivity contribution is 14.1. The van der Waals surface area contributed by atoms with Gasteiger partial charge in [0.15, 0.2) is 5.78 Å². The summed E-state index contributed by atoms with van der Waals surface area (Å²) in [5, 5.41) is 4.20. The zero-order chi connectivity index (χ0) is 19.9. The summed E-state index contributed by atoms with van der Waals surface area (Å²) in [4.78, 5) is 12.4. The maximum absolute atomic E-state index is 12.4. The maximum Gasteiger partial charge on any atom is 0.187 e. The quantitative estimate of drug-likeness (QED) is 0.206. The Labute approximate surface area is 187 Å². The van der Waals surface area contributed by atoms with Crippen LogP contribution < -0.4 is 10.1 Å². The van der Waals surface area contributed by atoms with Crippen LogP contribution >= 0.6 is 45.8 Å². The molecule has 0 aromatic heterocycles. The van der Waals surface area contributed by atoms with E-state index in [9.17, 15) is 4.79 Å². The van der Waals surface area contributed by atoms with E-state index < -0.39 is 0 Å². The Hall–Kier alpha value is -2.02. The summed E-state index contributed by atoms with van der Waals surface area (Å²) >= 11 is 14.3. The van der Waals surface area contributed by atoms with Crippen LogP contribution in [0.3, 0.4) is 0 Å². The second-order valence-corrected chi connectivity index (χ2v) is 7.99. The number of nitrogens with one attached hydrogen (secondary N) is 1. The third-order valence-corrected chi connectivity index (χ3v) is 5.16. The molecule has 3 aromatic carbocycles. The molecule has 3 nitrogen and oxygen atoms in total. The van der Waals surface area contributed by atoms with Gasteiger partial charge in [0.25, 0.3) is 0 Å². The van der Waals surface area contributed by atoms with Crippen molar-refractivity contribution < 1.29 is 9.53 Å². The first-order valence-electron chi connectivity index (χ1n) is 8.41. The second-order valence-electron chi connectivity index (χ2n) is 5.90. The van der Waals surface area contributed by atoms with Gasteiger partial charge >= 0.3 is 0 Å². The minimum Gasteiger partial charge on any atom is -0.489 e. The van der Waals surface area contributed by atoms with Crippen LogP contribution in [0, 0.1) is 3.57 Å². The normalized spacial score (nSPS) is 10.8. The molecular weight excluding hydrogens is 508 g/mol. The van der Waals surface area contributed by atoms with E-state index in [1.54, 1.807) is 42.6 Å². The van der Waals surface area contributed by atoms with E-state index in [1.165, 1.54) is 6.08 Å². The molecule has 0 aliphatic heterocycles. The molecule has 0 radical (unpaired) electrons. The fourth-order valence-corrected chi connectivity index (χ4v) is 3.22. The summed E-state index contributed by atoms with van der Waals surface area (Å²) in [6.45, 7) is 0.290. The lowest BCUT2D eigenvalue weighted by molar-refractivity contribution is 0.104. The minimum absolute atomic E-state index is 0.118. The van der Waals surface area contributed by atoms with Crippen molar-refractivity contribution in [2.75, 3.05) is 5.32 Å². The van der Waals surface area contributed by atoms with Gasteiger partial charge in [0, 0.05) is 42.7 Å². The molecule has 3 rings (SSSR count). The van der Waals surface area contributed by atoms with Gasteiger partial charge in [-0.05, 0) is 71.1 Å². The topological polar surface area (TPSA) is 38.3 Å². The van der Waals surface area contributed by atoms with Gasteiger partial charge < -0.3 is 10.1 Å². The van der Waals surface area contributed by atoms with Crippen LogP contribution in [0.25, 0.3) is 0 Å². The number of allylic oxidation sites excluding steroid dienone is 1. The van der Waals surface area contributed by atoms with Crippen LogP contribution in [-0.4, -0.2) is 5.78 Å². The minimum atomic E-state index is -0.118. The third kappa shape index (κ3) is 5.99. The highest BCUT2D eigenvalue weighted by Crippen LogP contribution is 2.23. The smallest absolute Gasteiger partial charge is 0.187 e. The van der Waals surface area contributed by atoms with E-state index in [1.807, 2.05) is 30.3 Å². The lowest BCUT2D eigenvalue weighted by atomic mass is 10.1. The van der Waals surface area contributed by atoms with Crippen molar-refractivity contribution >= 4 is 57.3 Å². The van der Waals surface area contributed by atoms with Crippen molar-refractivity contribution in [1.82, 2.24) is 0 Å². The van der Waals surface area contributed by atoms with Crippen LogP contribution in [0.15, 0.2) is 79.0 Å². The van der Waals surface area contributed by atoms with Crippen molar-refractivity contribution in [3.8, 4) is 5.75 Å². The number of benzene rings is 3. The zero-order valence-corrected chi connectivity index (χ0v) is 18.3. The molecular formula is C22H16Cl2INO2. The van der Waals surface area contributed by atoms with Gasteiger partial charge in [-0.25, -0.2) is 0 Å². The van der Waals surface area contributed by atoms with Crippen molar-refractivity contribution in [3.63, 3.8) is 0 Å². The predicted octanol–water partition coefficient (Wildman–Crippen LogP) is 6.99. The molecule has 0 amide bonds. The number of carbonyl (C=O) groups is 1. The molecule has 0 heterocycles. The van der Waals surface area contributed by atoms with E-state index in [2.05, 4.69) is 27.9 Å². The SMILES string of the molecule is O=C(C=CNc1ccc(I)cc1)c1cccc(OCc2ccc(Cl)cc2Cl)c1. The van der Waals surface area contributed by atoms with Gasteiger partial charge in [-0.2, -0.15) is 0 Å². The highest BCUT2D eigenvalue weighted by Gasteiger charge is 2.06. The van der Waals surface area contributed by atoms with Crippen molar-refractivity contribution in [2.45, 2.75) is 6.61 Å². The Kier molecular flexibility index (Phi) is 7.36. The molecule has 28 heavy (non-hydrogen) atoms. The Morgan fingerprint density at radius 3 is 2.57 bits per heavy atom. The van der Waals surface area contributed by atoms with Crippen LogP contribution in [-0.2, 0) is 6.61 Å². The van der Waals surface area contributed by atoms with Crippen LogP contribution in [0.2, 0.25) is 10.0 Å². The number of hydrogen-bond donors (Lipinski definition) is 1. The largest absolute Gasteiger partial charge is 0.489 e. The molecule has 6 heteroatoms. The average Bonchev–Trinajstić information content (AvgIpc) is 2.69. The third-order valence-electron chi connectivity index (χ3n) is 3.86. The van der Waals surface area contributed by atoms with E-state index >= 15 is 0 Å². The number of anilines is 1. The average molecular weight is 524 g/mol. The maximum atomic E-state index is 12.4. The van der Waals surface area contributed by atoms with E-state index in [0.717, 1.165) is 14.8 Å². The number of hydrogen-bond acceptors (Lipinski definition) is 3. The van der Waals surface area contributed by atoms with Crippen molar-refractivity contribution in [3.05, 3.63) is 104 Å². The molecule has 0 fully saturated rings. The fraction of sp³-hybridized carbons (Fsp3) is 0.0455. The summed E-state index contributed by atoms with van der Waals surface area (Å²) in [5.41, 5.74) is 2.28. The Bertz CT molecular complexity index is 1000. The van der Waals surface area contributed by atoms with Gasteiger partial charge in [0.2, 0.25) is 0 Å². The number of carbonyl (C=O) groups excluding carboxylic acids is 1. The summed E-state index contributed by atoms with van der Waals surface area (Å²) in [5.74, 6) is 0.476. The van der Waals surface area contributed by atoms with Gasteiger partial charge in [-0.3, -0.25) is 4.79 Å². The van der Waals surface area contributed by atoms with Crippen LogP contribution in [0.1, 0.15) is 15.9 Å². The first-order valence-corrected chi connectivity index (χ1v) is 10.2. The van der Waals surface area contributed by atoms with Gasteiger partial charge in [-0.1, -0.05) is 41.4 Å². The van der Waals surface area contributed by atoms with Crippen LogP contribution in [0.4, 0.5) is 5.69 Å². The van der Waals surface area contributed by atoms with Crippen molar-refractivity contribution in [1.29, 1.82) is 0 Å². The van der Waals surface area contributed by atoms with E-state index in [0.29, 0.717) is 21.4 Å². The zero-order valence-electron chi connectivity index (χ0n) is 14.7. The number of halogens is 3. The molecule has 3 aromatic rings. The Morgan fingerprint density at radius 1 is 1.04 bits per heavy atom. The molecule has 0 unspecified atom stereocenters. The first-order chi connectivity index (χ1) is 13.5. The highest BCUT2D eigenvalue weighted by atomic mass is 127. The summed E-state index contributed by atoms with van der Waals surface area (Å²) in [7, 11) is 0. The molecule has 0 bridgehead atoms. The summed E-state index contributed by atoms with van der Waals surface area (Å²) in [6.07, 6.45) is 3.12. The number of ether oxygens (including phenoxy) is 1. The second kappa shape index (κ2) is 9.96. The lowest BCUT2D eigenvalue weighted by Crippen LogP contribution is -1.99. The molecule has 0 saturated carbocycles. The molecule has 0 aliphatic rings. The molecule has 0 aliphatic carbocycles. The molecule has 0 atom stereocenters. The number of rotatable bonds is 7. The molecule has 0 saturated heterocycles. The standard InChI is InChI=1S/C22H16Cl2INO2/c23-17-5-4-16(21(24)13-17)14-28-20-3-1-2-15(12-20)22(27)10-11-26-19-8-6-18(25)7-9-19/h1-13,26H,14H2. The van der Waals surface area contributed by atoms with Crippen LogP contribution in [0.5, 0.6) is 5.75 Å². The Morgan fingerprint density at radius 2 is 1.82 bits per heavy atom. The predicted molar refractivity (Wildman–Crippen MR) is 123 cm³/mol. The van der Waals surface area contributed by atoms with E-state index in [4.69, 9.17) is 27.9 Å². The molecule has 1 N–H and O–H groups in total. The van der Waals surface area contributed by atoms with E-state index in [-0.39, 0.29) is 12.4 Å². The first kappa shape index (κ1) is 20.7. The van der Waals surface area contributed by atoms with Gasteiger partial charge in [0.05, 0.1) is 0 Å². The Balaban J connectivity index is 1.60. The van der Waals surface area contributed by atoms with Gasteiger partial charge in [-0.15, -0.1) is 0 Å². The lowest BCUT2D eigenvalue weighted by Gasteiger charge is -2.09. The number of ketones is 1.